The van der Waals surface area contributed by atoms with E-state index in [2.05, 4.69) is 25.7 Å². The van der Waals surface area contributed by atoms with Gasteiger partial charge in [-0.2, -0.15) is 0 Å². The van der Waals surface area contributed by atoms with Gasteiger partial charge in [-0.25, -0.2) is 4.98 Å². The van der Waals surface area contributed by atoms with Crippen LogP contribution < -0.4 is 16.6 Å². The van der Waals surface area contributed by atoms with Crippen LogP contribution in [-0.4, -0.2) is 93.0 Å². The molecule has 6 N–H and O–H groups in total. The van der Waals surface area contributed by atoms with Crippen molar-refractivity contribution in [1.29, 1.82) is 0 Å². The van der Waals surface area contributed by atoms with E-state index in [0.29, 0.717) is 0 Å². The SMILES string of the molecule is CCn1c(SCC2(C(=O)O)CS[C@@H]3C(NC(=O)C(=NO)c4csc(N)n4)C(=O)N3C2)nnc(O)c1=O. The van der Waals surface area contributed by atoms with Crippen LogP contribution >= 0.6 is 34.9 Å². The molecule has 0 spiro atoms. The number of carboxylic acids is 1. The third kappa shape index (κ3) is 4.46. The number of hydrogen-bond donors (Lipinski definition) is 5. The molecule has 4 heterocycles. The van der Waals surface area contributed by atoms with Crippen molar-refractivity contribution in [3.05, 3.63) is 21.4 Å². The number of oxime groups is 1. The Balaban J connectivity index is 1.45. The van der Waals surface area contributed by atoms with Crippen molar-refractivity contribution in [2.45, 2.75) is 30.0 Å². The van der Waals surface area contributed by atoms with Gasteiger partial charge in [0.15, 0.2) is 16.0 Å². The van der Waals surface area contributed by atoms with Crippen molar-refractivity contribution in [2.24, 2.45) is 10.6 Å². The standard InChI is InChI=1S/C18H20N8O7S3/c1-2-25-13(30)11(28)22-23-17(25)36-6-18(15(31)32)4-26-12(29)9(14(26)35-5-18)21-10(27)8(24-33)7-3-34-16(19)20-7/h3,9,14,33H,2,4-6H2,1H3,(H2,19,20)(H,21,27)(H,22,28)(H,31,32)/t9?,14-,18?/m1/s1. The van der Waals surface area contributed by atoms with Crippen molar-refractivity contribution in [1.82, 2.24) is 30.0 Å². The Labute approximate surface area is 214 Å². The van der Waals surface area contributed by atoms with E-state index >= 15 is 0 Å². The van der Waals surface area contributed by atoms with Crippen molar-refractivity contribution in [2.75, 3.05) is 23.8 Å². The molecule has 36 heavy (non-hydrogen) atoms. The van der Waals surface area contributed by atoms with E-state index in [1.165, 1.54) is 26.6 Å². The molecule has 3 atom stereocenters. The summed E-state index contributed by atoms with van der Waals surface area (Å²) in [6.45, 7) is 1.74. The van der Waals surface area contributed by atoms with Gasteiger partial charge in [0.05, 0.1) is 0 Å². The largest absolute Gasteiger partial charge is 0.488 e. The first kappa shape index (κ1) is 25.7. The number of β-lactam (4-membered cyclic amide) rings is 1. The molecule has 0 radical (unpaired) electrons. The summed E-state index contributed by atoms with van der Waals surface area (Å²) in [7, 11) is 0. The van der Waals surface area contributed by atoms with Crippen LogP contribution in [0.15, 0.2) is 20.5 Å². The molecule has 2 fully saturated rings. The van der Waals surface area contributed by atoms with E-state index in [0.717, 1.165) is 23.1 Å². The van der Waals surface area contributed by atoms with Crippen LogP contribution in [0.3, 0.4) is 0 Å². The van der Waals surface area contributed by atoms with Gasteiger partial charge in [-0.05, 0) is 6.92 Å². The fourth-order valence-corrected chi connectivity index (χ4v) is 7.12. The lowest BCUT2D eigenvalue weighted by molar-refractivity contribution is -0.157. The number of nitrogens with one attached hydrogen (secondary N) is 1. The van der Waals surface area contributed by atoms with Crippen molar-refractivity contribution < 1.29 is 29.8 Å². The highest BCUT2D eigenvalue weighted by atomic mass is 32.2. The maximum atomic E-state index is 12.8. The summed E-state index contributed by atoms with van der Waals surface area (Å²) >= 11 is 3.23. The first-order chi connectivity index (χ1) is 17.1. The normalized spacial score (nSPS) is 23.6. The first-order valence-electron chi connectivity index (χ1n) is 10.3. The summed E-state index contributed by atoms with van der Waals surface area (Å²) in [5, 5.41) is 42.7. The van der Waals surface area contributed by atoms with Gasteiger partial charge in [0, 0.05) is 30.0 Å². The molecular weight excluding hydrogens is 536 g/mol. The molecule has 0 bridgehead atoms. The monoisotopic (exact) mass is 556 g/mol. The number of fused-ring (bicyclic) bond motifs is 1. The van der Waals surface area contributed by atoms with Crippen LogP contribution in [0.2, 0.25) is 0 Å². The van der Waals surface area contributed by atoms with Crippen molar-refractivity contribution in [3.8, 4) is 5.88 Å². The minimum atomic E-state index is -1.36. The van der Waals surface area contributed by atoms with E-state index < -0.39 is 51.8 Å². The van der Waals surface area contributed by atoms with E-state index in [4.69, 9.17) is 5.73 Å². The van der Waals surface area contributed by atoms with E-state index in [9.17, 15) is 34.6 Å². The molecule has 15 nitrogen and oxygen atoms in total. The van der Waals surface area contributed by atoms with E-state index in [-0.39, 0.29) is 40.6 Å². The second-order valence-corrected chi connectivity index (χ2v) is 10.8. The van der Waals surface area contributed by atoms with Crippen LogP contribution in [0.5, 0.6) is 5.88 Å². The van der Waals surface area contributed by atoms with Gasteiger partial charge in [-0.1, -0.05) is 16.9 Å². The number of anilines is 1. The number of rotatable bonds is 8. The molecule has 4 rings (SSSR count). The number of nitrogens with two attached hydrogens (primary N) is 1. The minimum Gasteiger partial charge on any atom is -0.488 e. The molecule has 18 heteroatoms. The number of hydrogen-bond acceptors (Lipinski definition) is 14. The zero-order chi connectivity index (χ0) is 26.2. The van der Waals surface area contributed by atoms with Crippen LogP contribution in [0.25, 0.3) is 0 Å². The first-order valence-corrected chi connectivity index (χ1v) is 13.2. The summed E-state index contributed by atoms with van der Waals surface area (Å²) in [5.74, 6) is -3.10. The predicted molar refractivity (Wildman–Crippen MR) is 129 cm³/mol. The fraction of sp³-hybridized carbons (Fsp3) is 0.444. The van der Waals surface area contributed by atoms with Crippen LogP contribution in [0, 0.1) is 5.41 Å². The highest BCUT2D eigenvalue weighted by Crippen LogP contribution is 2.44. The third-order valence-electron chi connectivity index (χ3n) is 5.66. The molecule has 2 aromatic heterocycles. The number of nitrogens with zero attached hydrogens (tertiary/aromatic N) is 6. The number of aromatic nitrogens is 4. The fourth-order valence-electron chi connectivity index (χ4n) is 3.71. The Morgan fingerprint density at radius 3 is 2.75 bits per heavy atom. The topological polar surface area (TPSA) is 226 Å². The van der Waals surface area contributed by atoms with Crippen LogP contribution in [-0.2, 0) is 20.9 Å². The number of carbonyl (C=O) groups is 3. The summed E-state index contributed by atoms with van der Waals surface area (Å²) in [4.78, 5) is 55.0. The number of nitrogen functional groups attached to an aromatic ring is 1. The maximum Gasteiger partial charge on any atom is 0.316 e. The minimum absolute atomic E-state index is 0.0195. The van der Waals surface area contributed by atoms with E-state index in [1.807, 2.05) is 0 Å². The molecule has 192 valence electrons. The molecule has 0 aromatic carbocycles. The zero-order valence-corrected chi connectivity index (χ0v) is 21.0. The van der Waals surface area contributed by atoms with Gasteiger partial charge in [-0.3, -0.25) is 23.7 Å². The third-order valence-corrected chi connectivity index (χ3v) is 9.17. The summed E-state index contributed by atoms with van der Waals surface area (Å²) in [6, 6.07) is -0.942. The summed E-state index contributed by atoms with van der Waals surface area (Å²) < 4.78 is 1.18. The number of aromatic hydroxyl groups is 1. The van der Waals surface area contributed by atoms with Crippen molar-refractivity contribution >= 4 is 63.5 Å². The Kier molecular flexibility index (Phi) is 7.10. The number of amides is 2. The molecule has 0 aliphatic carbocycles. The quantitative estimate of drug-likeness (QED) is 0.0851. The molecule has 2 unspecified atom stereocenters. The maximum absolute atomic E-state index is 12.8. The smallest absolute Gasteiger partial charge is 0.316 e. The number of carbonyl (C=O) groups excluding carboxylic acids is 2. The Morgan fingerprint density at radius 2 is 2.14 bits per heavy atom. The number of thioether (sulfide) groups is 2. The number of thiazole rings is 1. The number of aliphatic carboxylic acids is 1. The molecule has 2 aliphatic rings. The van der Waals surface area contributed by atoms with E-state index in [1.54, 1.807) is 6.92 Å². The lowest BCUT2D eigenvalue weighted by atomic mass is 9.89. The van der Waals surface area contributed by atoms with Crippen LogP contribution in [0.4, 0.5) is 5.13 Å². The van der Waals surface area contributed by atoms with Gasteiger partial charge in [0.1, 0.15) is 22.5 Å². The highest BCUT2D eigenvalue weighted by Gasteiger charge is 2.57. The van der Waals surface area contributed by atoms with Gasteiger partial charge in [0.2, 0.25) is 5.91 Å². The predicted octanol–water partition coefficient (Wildman–Crippen LogP) is -1.16. The molecule has 0 saturated carbocycles. The molecule has 2 amide bonds. The second-order valence-electron chi connectivity index (χ2n) is 7.87. The van der Waals surface area contributed by atoms with Gasteiger partial charge >= 0.3 is 11.5 Å². The Bertz CT molecular complexity index is 1310. The van der Waals surface area contributed by atoms with Gasteiger partial charge < -0.3 is 31.4 Å². The van der Waals surface area contributed by atoms with Gasteiger partial charge in [-0.15, -0.1) is 33.3 Å². The van der Waals surface area contributed by atoms with Gasteiger partial charge in [0.25, 0.3) is 11.8 Å². The Hall–Kier alpha value is -3.38. The molecular formula is C18H20N8O7S3. The summed E-state index contributed by atoms with van der Waals surface area (Å²) in [5.41, 5.74) is 3.11. The average Bonchev–Trinajstić information content (AvgIpc) is 3.28. The lowest BCUT2D eigenvalue weighted by Gasteiger charge is -2.53. The zero-order valence-electron chi connectivity index (χ0n) is 18.5. The number of carboxylic acid groups (broad SMARTS) is 1. The summed E-state index contributed by atoms with van der Waals surface area (Å²) in [6.07, 6.45) is 0. The Morgan fingerprint density at radius 1 is 1.39 bits per heavy atom. The molecule has 2 aromatic rings. The van der Waals surface area contributed by atoms with Crippen molar-refractivity contribution in [3.63, 3.8) is 0 Å². The molecule has 2 saturated heterocycles. The second kappa shape index (κ2) is 9.94. The molecule has 2 aliphatic heterocycles. The highest BCUT2D eigenvalue weighted by molar-refractivity contribution is 8.00. The lowest BCUT2D eigenvalue weighted by Crippen LogP contribution is -2.74. The van der Waals surface area contributed by atoms with Crippen LogP contribution in [0.1, 0.15) is 12.6 Å². The average molecular weight is 557 g/mol.